The minimum Gasteiger partial charge on any atom is -0.493 e. The fourth-order valence-electron chi connectivity index (χ4n) is 1.17. The van der Waals surface area contributed by atoms with E-state index < -0.39 is 11.9 Å². The second-order valence-corrected chi connectivity index (χ2v) is 3.77. The normalized spacial score (nSPS) is 9.88. The Labute approximate surface area is 107 Å². The number of rotatable bonds is 3. The van der Waals surface area contributed by atoms with Crippen molar-refractivity contribution < 1.29 is 24.2 Å². The van der Waals surface area contributed by atoms with Gasteiger partial charge in [-0.3, -0.25) is 4.79 Å². The van der Waals surface area contributed by atoms with Crippen LogP contribution in [0.4, 0.5) is 0 Å². The molecule has 0 aromatic heterocycles. The number of methoxy groups -OCH3 is 1. The number of hydrogen-bond acceptors (Lipinski definition) is 4. The first-order valence-corrected chi connectivity index (χ1v) is 5.11. The van der Waals surface area contributed by atoms with Gasteiger partial charge in [-0.25, -0.2) is 4.79 Å². The first-order chi connectivity index (χ1) is 7.88. The molecule has 0 atom stereocenters. The average molecular weight is 279 g/mol. The van der Waals surface area contributed by atoms with Gasteiger partial charge in [-0.2, -0.15) is 0 Å². The van der Waals surface area contributed by atoms with Gasteiger partial charge in [0.1, 0.15) is 10.6 Å². The van der Waals surface area contributed by atoms with Crippen LogP contribution in [0.5, 0.6) is 11.5 Å². The van der Waals surface area contributed by atoms with E-state index >= 15 is 0 Å². The van der Waals surface area contributed by atoms with Gasteiger partial charge >= 0.3 is 11.9 Å². The highest BCUT2D eigenvalue weighted by Crippen LogP contribution is 2.42. The van der Waals surface area contributed by atoms with E-state index in [2.05, 4.69) is 0 Å². The van der Waals surface area contributed by atoms with Crippen molar-refractivity contribution in [3.05, 3.63) is 21.7 Å². The fraction of sp³-hybridized carbons (Fsp3) is 0.200. The molecule has 0 heterocycles. The van der Waals surface area contributed by atoms with Crippen LogP contribution in [0.2, 0.25) is 10.0 Å². The summed E-state index contributed by atoms with van der Waals surface area (Å²) in [7, 11) is 1.31. The SMILES string of the molecule is COc1c(Cl)cc(C(=O)O)c(OC(C)=O)c1Cl. The number of carbonyl (C=O) groups is 2. The van der Waals surface area contributed by atoms with Gasteiger partial charge in [0.15, 0.2) is 11.5 Å². The van der Waals surface area contributed by atoms with Crippen molar-refractivity contribution in [3.63, 3.8) is 0 Å². The maximum absolute atomic E-state index is 11.0. The second-order valence-electron chi connectivity index (χ2n) is 2.98. The molecule has 0 saturated heterocycles. The largest absolute Gasteiger partial charge is 0.493 e. The van der Waals surface area contributed by atoms with Gasteiger partial charge in [0.25, 0.3) is 0 Å². The molecule has 0 aliphatic carbocycles. The number of carboxylic acid groups (broad SMARTS) is 1. The van der Waals surface area contributed by atoms with Crippen molar-refractivity contribution in [2.75, 3.05) is 7.11 Å². The summed E-state index contributed by atoms with van der Waals surface area (Å²) in [4.78, 5) is 21.8. The summed E-state index contributed by atoms with van der Waals surface area (Å²) in [6.07, 6.45) is 0. The highest BCUT2D eigenvalue weighted by atomic mass is 35.5. The second kappa shape index (κ2) is 5.25. The van der Waals surface area contributed by atoms with E-state index in [0.717, 1.165) is 13.0 Å². The summed E-state index contributed by atoms with van der Waals surface area (Å²) in [6.45, 7) is 1.13. The summed E-state index contributed by atoms with van der Waals surface area (Å²) >= 11 is 11.6. The molecule has 1 rings (SSSR count). The van der Waals surface area contributed by atoms with E-state index in [1.165, 1.54) is 7.11 Å². The van der Waals surface area contributed by atoms with E-state index in [0.29, 0.717) is 0 Å². The molecule has 1 aromatic carbocycles. The molecule has 0 amide bonds. The fourth-order valence-corrected chi connectivity index (χ4v) is 1.82. The standard InChI is InChI=1S/C10H8Cl2O5/c1-4(13)17-8-5(10(14)15)3-6(11)9(16-2)7(8)12/h3H,1-2H3,(H,14,15). The third-order valence-corrected chi connectivity index (χ3v) is 2.44. The summed E-state index contributed by atoms with van der Waals surface area (Å²) in [5, 5.41) is 8.80. The number of carboxylic acids is 1. The molecule has 1 N–H and O–H groups in total. The summed E-state index contributed by atoms with van der Waals surface area (Å²) in [5.41, 5.74) is -0.309. The number of halogens is 2. The van der Waals surface area contributed by atoms with Crippen LogP contribution >= 0.6 is 23.2 Å². The number of aromatic carboxylic acids is 1. The van der Waals surface area contributed by atoms with E-state index in [9.17, 15) is 9.59 Å². The summed E-state index contributed by atoms with van der Waals surface area (Å²) in [5.74, 6) is -2.24. The molecule has 0 unspecified atom stereocenters. The molecule has 0 bridgehead atoms. The van der Waals surface area contributed by atoms with Crippen LogP contribution in [-0.2, 0) is 4.79 Å². The molecule has 7 heteroatoms. The number of esters is 1. The van der Waals surface area contributed by atoms with Crippen LogP contribution < -0.4 is 9.47 Å². The first-order valence-electron chi connectivity index (χ1n) is 4.36. The van der Waals surface area contributed by atoms with Gasteiger partial charge < -0.3 is 14.6 Å². The molecule has 0 spiro atoms. The number of benzene rings is 1. The molecule has 1 aromatic rings. The monoisotopic (exact) mass is 278 g/mol. The lowest BCUT2D eigenvalue weighted by molar-refractivity contribution is -0.131. The molecule has 5 nitrogen and oxygen atoms in total. The lowest BCUT2D eigenvalue weighted by Crippen LogP contribution is -2.08. The van der Waals surface area contributed by atoms with Gasteiger partial charge in [-0.15, -0.1) is 0 Å². The topological polar surface area (TPSA) is 72.8 Å². The van der Waals surface area contributed by atoms with Crippen molar-refractivity contribution in [3.8, 4) is 11.5 Å². The Morgan fingerprint density at radius 1 is 1.29 bits per heavy atom. The van der Waals surface area contributed by atoms with E-state index in [1.54, 1.807) is 0 Å². The van der Waals surface area contributed by atoms with Crippen molar-refractivity contribution in [2.45, 2.75) is 6.92 Å². The molecule has 0 radical (unpaired) electrons. The molecule has 0 fully saturated rings. The quantitative estimate of drug-likeness (QED) is 0.680. The molecule has 0 aliphatic rings. The molecule has 0 aliphatic heterocycles. The van der Waals surface area contributed by atoms with Crippen LogP contribution in [0.1, 0.15) is 17.3 Å². The molecular weight excluding hydrogens is 271 g/mol. The number of hydrogen-bond donors (Lipinski definition) is 1. The molecule has 0 saturated carbocycles. The van der Waals surface area contributed by atoms with Crippen molar-refractivity contribution in [1.82, 2.24) is 0 Å². The minimum absolute atomic E-state index is 0.0193. The maximum atomic E-state index is 11.0. The zero-order chi connectivity index (χ0) is 13.2. The van der Waals surface area contributed by atoms with Crippen LogP contribution in [0, 0.1) is 0 Å². The van der Waals surface area contributed by atoms with E-state index in [-0.39, 0.29) is 27.1 Å². The Morgan fingerprint density at radius 3 is 2.29 bits per heavy atom. The highest BCUT2D eigenvalue weighted by molar-refractivity contribution is 6.39. The van der Waals surface area contributed by atoms with E-state index in [4.69, 9.17) is 37.8 Å². The van der Waals surface area contributed by atoms with Crippen LogP contribution in [0.15, 0.2) is 6.07 Å². The Morgan fingerprint density at radius 2 is 1.88 bits per heavy atom. The minimum atomic E-state index is -1.31. The van der Waals surface area contributed by atoms with Crippen molar-refractivity contribution in [1.29, 1.82) is 0 Å². The lowest BCUT2D eigenvalue weighted by atomic mass is 10.2. The van der Waals surface area contributed by atoms with E-state index in [1.807, 2.05) is 0 Å². The predicted molar refractivity (Wildman–Crippen MR) is 61.3 cm³/mol. The van der Waals surface area contributed by atoms with Gasteiger partial charge in [0, 0.05) is 6.92 Å². The van der Waals surface area contributed by atoms with Crippen LogP contribution in [-0.4, -0.2) is 24.2 Å². The Balaban J connectivity index is 3.50. The van der Waals surface area contributed by atoms with Gasteiger partial charge in [0.05, 0.1) is 12.1 Å². The number of carbonyl (C=O) groups excluding carboxylic acids is 1. The number of ether oxygens (including phenoxy) is 2. The van der Waals surface area contributed by atoms with Crippen molar-refractivity contribution in [2.24, 2.45) is 0 Å². The smallest absolute Gasteiger partial charge is 0.339 e. The Hall–Kier alpha value is -1.46. The Bertz CT molecular complexity index is 484. The third kappa shape index (κ3) is 2.81. The van der Waals surface area contributed by atoms with Crippen LogP contribution in [0.3, 0.4) is 0 Å². The predicted octanol–water partition coefficient (Wildman–Crippen LogP) is 2.63. The first kappa shape index (κ1) is 13.6. The molecular formula is C10H8Cl2O5. The summed E-state index contributed by atoms with van der Waals surface area (Å²) in [6, 6.07) is 1.10. The molecule has 17 heavy (non-hydrogen) atoms. The van der Waals surface area contributed by atoms with Crippen LogP contribution in [0.25, 0.3) is 0 Å². The zero-order valence-electron chi connectivity index (χ0n) is 8.91. The third-order valence-electron chi connectivity index (χ3n) is 1.81. The average Bonchev–Trinajstić information content (AvgIpc) is 2.21. The summed E-state index contributed by atoms with van der Waals surface area (Å²) < 4.78 is 9.63. The lowest BCUT2D eigenvalue weighted by Gasteiger charge is -2.12. The van der Waals surface area contributed by atoms with Gasteiger partial charge in [0.2, 0.25) is 0 Å². The molecule has 92 valence electrons. The maximum Gasteiger partial charge on any atom is 0.339 e. The van der Waals surface area contributed by atoms with Gasteiger partial charge in [-0.05, 0) is 6.07 Å². The Kier molecular flexibility index (Phi) is 4.20. The van der Waals surface area contributed by atoms with Crippen molar-refractivity contribution >= 4 is 35.1 Å². The zero-order valence-corrected chi connectivity index (χ0v) is 10.4. The van der Waals surface area contributed by atoms with Gasteiger partial charge in [-0.1, -0.05) is 23.2 Å². The highest BCUT2D eigenvalue weighted by Gasteiger charge is 2.23.